The molecule has 0 amide bonds. The number of methoxy groups -OCH3 is 1. The maximum absolute atomic E-state index is 6.55. The topological polar surface area (TPSA) is 96.3 Å². The van der Waals surface area contributed by atoms with Gasteiger partial charge in [-0.2, -0.15) is 0 Å². The van der Waals surface area contributed by atoms with Crippen LogP contribution in [0.25, 0.3) is 20.4 Å². The number of hydrogen-bond acceptors (Lipinski definition) is 8. The minimum atomic E-state index is 0.488. The number of benzene rings is 2. The molecule has 4 aromatic rings. The second-order valence-electron chi connectivity index (χ2n) is 6.85. The molecule has 0 saturated heterocycles. The van der Waals surface area contributed by atoms with E-state index in [1.54, 1.807) is 7.11 Å². The number of nitrogen functional groups attached to an aromatic ring is 2. The van der Waals surface area contributed by atoms with Gasteiger partial charge in [0.2, 0.25) is 0 Å². The molecule has 0 aliphatic rings. The minimum Gasteiger partial charge on any atom is -0.494 e. The molecule has 8 heteroatoms. The number of nitrogens with zero attached hydrogens (tertiary/aromatic N) is 2. The van der Waals surface area contributed by atoms with Crippen molar-refractivity contribution in [1.82, 2.24) is 9.97 Å². The van der Waals surface area contributed by atoms with Gasteiger partial charge in [-0.15, -0.1) is 0 Å². The Morgan fingerprint density at radius 2 is 1.59 bits per heavy atom. The van der Waals surface area contributed by atoms with Gasteiger partial charge >= 0.3 is 0 Å². The van der Waals surface area contributed by atoms with Crippen LogP contribution in [0.15, 0.2) is 18.2 Å². The van der Waals surface area contributed by atoms with E-state index in [1.165, 1.54) is 22.7 Å². The molecule has 0 atom stereocenters. The second kappa shape index (κ2) is 8.04. The highest BCUT2D eigenvalue weighted by molar-refractivity contribution is 7.22. The van der Waals surface area contributed by atoms with Crippen molar-refractivity contribution < 1.29 is 9.47 Å². The molecule has 2 aromatic carbocycles. The molecule has 4 rings (SSSR count). The van der Waals surface area contributed by atoms with Crippen LogP contribution in [0.4, 0.5) is 10.3 Å². The first-order valence-electron chi connectivity index (χ1n) is 9.67. The average molecular weight is 429 g/mol. The average Bonchev–Trinajstić information content (AvgIpc) is 3.26. The molecule has 4 N–H and O–H groups in total. The van der Waals surface area contributed by atoms with Crippen molar-refractivity contribution in [3.05, 3.63) is 29.3 Å². The van der Waals surface area contributed by atoms with Crippen LogP contribution in [-0.4, -0.2) is 17.1 Å². The Kier molecular flexibility index (Phi) is 5.47. The second-order valence-corrected chi connectivity index (χ2v) is 8.94. The molecule has 0 radical (unpaired) electrons. The molecule has 29 heavy (non-hydrogen) atoms. The van der Waals surface area contributed by atoms with Gasteiger partial charge < -0.3 is 20.9 Å². The number of aryl methyl sites for hydroxylation is 2. The molecule has 0 unspecified atom stereocenters. The number of anilines is 2. The van der Waals surface area contributed by atoms with Crippen LogP contribution in [0.1, 0.15) is 37.8 Å². The summed E-state index contributed by atoms with van der Waals surface area (Å²) in [6, 6.07) is 6.22. The van der Waals surface area contributed by atoms with Gasteiger partial charge in [0.25, 0.3) is 0 Å². The summed E-state index contributed by atoms with van der Waals surface area (Å²) in [6.45, 7) is 4.29. The van der Waals surface area contributed by atoms with Crippen LogP contribution in [0.5, 0.6) is 17.2 Å². The third kappa shape index (κ3) is 3.58. The molecule has 2 heterocycles. The maximum atomic E-state index is 6.55. The fourth-order valence-corrected chi connectivity index (χ4v) is 5.09. The normalized spacial score (nSPS) is 11.4. The maximum Gasteiger partial charge on any atom is 0.181 e. The van der Waals surface area contributed by atoms with Crippen molar-refractivity contribution in [2.45, 2.75) is 39.5 Å². The summed E-state index contributed by atoms with van der Waals surface area (Å²) in [5.74, 6) is 2.26. The van der Waals surface area contributed by atoms with Gasteiger partial charge in [-0.1, -0.05) is 55.4 Å². The molecule has 0 aliphatic carbocycles. The Morgan fingerprint density at radius 1 is 0.897 bits per heavy atom. The van der Waals surface area contributed by atoms with Crippen molar-refractivity contribution in [3.63, 3.8) is 0 Å². The van der Waals surface area contributed by atoms with Crippen LogP contribution in [0, 0.1) is 0 Å². The van der Waals surface area contributed by atoms with Gasteiger partial charge in [0.15, 0.2) is 16.0 Å². The summed E-state index contributed by atoms with van der Waals surface area (Å²) < 4.78 is 14.1. The van der Waals surface area contributed by atoms with E-state index in [2.05, 4.69) is 35.9 Å². The quantitative estimate of drug-likeness (QED) is 0.387. The molecular formula is C21H24N4O2S2. The fourth-order valence-electron chi connectivity index (χ4n) is 3.58. The van der Waals surface area contributed by atoms with Crippen molar-refractivity contribution in [3.8, 4) is 17.2 Å². The van der Waals surface area contributed by atoms with Crippen molar-refractivity contribution >= 4 is 53.4 Å². The van der Waals surface area contributed by atoms with Crippen LogP contribution < -0.4 is 20.9 Å². The number of nitrogens with two attached hydrogens (primary N) is 2. The lowest BCUT2D eigenvalue weighted by Gasteiger charge is -2.15. The summed E-state index contributed by atoms with van der Waals surface area (Å²) in [7, 11) is 1.67. The smallest absolute Gasteiger partial charge is 0.181 e. The predicted octanol–water partition coefficient (Wildman–Crippen LogP) is 5.78. The van der Waals surface area contributed by atoms with E-state index >= 15 is 0 Å². The summed E-state index contributed by atoms with van der Waals surface area (Å²) >= 11 is 2.87. The predicted molar refractivity (Wildman–Crippen MR) is 123 cm³/mol. The summed E-state index contributed by atoms with van der Waals surface area (Å²) in [5.41, 5.74) is 15.7. The van der Waals surface area contributed by atoms with Gasteiger partial charge in [0.1, 0.15) is 27.2 Å². The largest absolute Gasteiger partial charge is 0.494 e. The number of rotatable bonds is 7. The zero-order valence-electron chi connectivity index (χ0n) is 16.7. The van der Waals surface area contributed by atoms with Gasteiger partial charge in [-0.05, 0) is 30.5 Å². The first kappa shape index (κ1) is 19.7. The Hall–Kier alpha value is -2.58. The van der Waals surface area contributed by atoms with Crippen LogP contribution in [-0.2, 0) is 12.8 Å². The first-order valence-corrected chi connectivity index (χ1v) is 11.3. The Bertz CT molecular complexity index is 1180. The zero-order valence-corrected chi connectivity index (χ0v) is 18.4. The lowest BCUT2D eigenvalue weighted by atomic mass is 10.1. The highest BCUT2D eigenvalue weighted by Crippen LogP contribution is 2.45. The van der Waals surface area contributed by atoms with Crippen molar-refractivity contribution in [2.75, 3.05) is 18.6 Å². The molecule has 152 valence electrons. The Labute approximate surface area is 177 Å². The number of thiazole rings is 2. The number of fused-ring (bicyclic) bond motifs is 2. The summed E-state index contributed by atoms with van der Waals surface area (Å²) in [6.07, 6.45) is 3.76. The first-order chi connectivity index (χ1) is 14.0. The van der Waals surface area contributed by atoms with Crippen molar-refractivity contribution in [2.24, 2.45) is 0 Å². The van der Waals surface area contributed by atoms with E-state index in [0.717, 1.165) is 74.5 Å². The van der Waals surface area contributed by atoms with Gasteiger partial charge in [0.05, 0.1) is 11.8 Å². The molecule has 6 nitrogen and oxygen atoms in total. The highest BCUT2D eigenvalue weighted by atomic mass is 32.1. The van der Waals surface area contributed by atoms with Crippen LogP contribution >= 0.6 is 22.7 Å². The van der Waals surface area contributed by atoms with Crippen LogP contribution in [0.3, 0.4) is 0 Å². The van der Waals surface area contributed by atoms with E-state index in [1.807, 2.05) is 6.07 Å². The molecule has 0 bridgehead atoms. The molecule has 0 spiro atoms. The van der Waals surface area contributed by atoms with Crippen LogP contribution in [0.2, 0.25) is 0 Å². The molecular weight excluding hydrogens is 404 g/mol. The van der Waals surface area contributed by atoms with E-state index in [9.17, 15) is 0 Å². The van der Waals surface area contributed by atoms with E-state index < -0.39 is 0 Å². The standard InChI is InChI=1S/C21H24N4O2S2/c1-4-6-11-8-9-14-15(24-20(22)28-14)18(11)27-13-10-12(7-5-2)17(26-3)16-19(13)29-21(23)25-16/h8-10H,4-7H2,1-3H3,(H2,22,24)(H2,23,25). The molecule has 2 aromatic heterocycles. The van der Waals surface area contributed by atoms with Gasteiger partial charge in [0, 0.05) is 5.56 Å². The van der Waals surface area contributed by atoms with E-state index in [4.69, 9.17) is 20.9 Å². The Balaban J connectivity index is 1.93. The Morgan fingerprint density at radius 3 is 2.31 bits per heavy atom. The number of ether oxygens (including phenoxy) is 2. The SMILES string of the molecule is CCCc1ccc2sc(N)nc2c1Oc1cc(CCC)c(OC)c2nc(N)sc12. The fraction of sp³-hybridized carbons (Fsp3) is 0.333. The summed E-state index contributed by atoms with van der Waals surface area (Å²) in [4.78, 5) is 9.05. The molecule has 0 aliphatic heterocycles. The molecule has 0 saturated carbocycles. The third-order valence-electron chi connectivity index (χ3n) is 4.75. The lowest BCUT2D eigenvalue weighted by Crippen LogP contribution is -1.98. The van der Waals surface area contributed by atoms with E-state index in [0.29, 0.717) is 10.3 Å². The molecule has 0 fully saturated rings. The highest BCUT2D eigenvalue weighted by Gasteiger charge is 2.21. The summed E-state index contributed by atoms with van der Waals surface area (Å²) in [5, 5.41) is 1.02. The van der Waals surface area contributed by atoms with Crippen molar-refractivity contribution in [1.29, 1.82) is 0 Å². The number of aromatic nitrogens is 2. The lowest BCUT2D eigenvalue weighted by molar-refractivity contribution is 0.412. The monoisotopic (exact) mass is 428 g/mol. The van der Waals surface area contributed by atoms with Gasteiger partial charge in [-0.3, -0.25) is 0 Å². The zero-order chi connectivity index (χ0) is 20.5. The van der Waals surface area contributed by atoms with Gasteiger partial charge in [-0.25, -0.2) is 9.97 Å². The van der Waals surface area contributed by atoms with E-state index in [-0.39, 0.29) is 0 Å². The third-order valence-corrected chi connectivity index (χ3v) is 6.50. The number of hydrogen-bond donors (Lipinski definition) is 2. The minimum absolute atomic E-state index is 0.488.